The zero-order valence-electron chi connectivity index (χ0n) is 2.76. The summed E-state index contributed by atoms with van der Waals surface area (Å²) in [5.74, 6) is 0. The van der Waals surface area contributed by atoms with Gasteiger partial charge in [-0.1, -0.05) is 0 Å². The Morgan fingerprint density at radius 2 is 1.80 bits per heavy atom. The second-order valence-corrected chi connectivity index (χ2v) is 0.440. The molecular formula is CH3NO2Ti. The summed E-state index contributed by atoms with van der Waals surface area (Å²) in [7, 11) is 0.889. The third kappa shape index (κ3) is 1410. The fraction of sp³-hybridized carbons (Fsp3) is 1.00. The van der Waals surface area contributed by atoms with Crippen LogP contribution in [0, 0.1) is 10.1 Å². The van der Waals surface area contributed by atoms with Gasteiger partial charge in [0, 0.05) is 26.6 Å². The molecule has 0 rings (SSSR count). The number of hydrogen-bond donors (Lipinski definition) is 0. The molecule has 3 nitrogen and oxygen atoms in total. The van der Waals surface area contributed by atoms with Crippen LogP contribution in [0.5, 0.6) is 0 Å². The molecule has 0 heterocycles. The van der Waals surface area contributed by atoms with Crippen molar-refractivity contribution >= 4 is 0 Å². The standard InChI is InChI=1S/CH3NO2.Ti/c1-2(3)4;/h1H3;. The average molecular weight is 109 g/mol. The molecule has 4 heteroatoms. The molecule has 0 saturated carbocycles. The Balaban J connectivity index is 0. The summed E-state index contributed by atoms with van der Waals surface area (Å²) < 4.78 is 0. The summed E-state index contributed by atoms with van der Waals surface area (Å²) in [5.41, 5.74) is 0. The van der Waals surface area contributed by atoms with Crippen LogP contribution in [0.1, 0.15) is 0 Å². The van der Waals surface area contributed by atoms with Crippen LogP contribution in [-0.4, -0.2) is 12.0 Å². The molecule has 28 valence electrons. The first-order valence-corrected chi connectivity index (χ1v) is 0.812. The van der Waals surface area contributed by atoms with Gasteiger partial charge < -0.3 is 0 Å². The van der Waals surface area contributed by atoms with Crippen LogP contribution >= 0.6 is 0 Å². The molecule has 0 amide bonds. The summed E-state index contributed by atoms with van der Waals surface area (Å²) in [5, 5.41) is 8.81. The Morgan fingerprint density at radius 3 is 1.80 bits per heavy atom. The molecule has 0 fully saturated rings. The Bertz CT molecular complexity index is 32.6. The van der Waals surface area contributed by atoms with Gasteiger partial charge in [-0.05, 0) is 0 Å². The van der Waals surface area contributed by atoms with Crippen LogP contribution in [-0.2, 0) is 21.7 Å². The molecular weight excluding hydrogens is 106 g/mol. The van der Waals surface area contributed by atoms with Gasteiger partial charge >= 0.3 is 0 Å². The van der Waals surface area contributed by atoms with Gasteiger partial charge in [0.2, 0.25) is 0 Å². The normalized spacial score (nSPS) is 5.00. The first-order chi connectivity index (χ1) is 1.73. The predicted octanol–water partition coefficient (Wildman–Crippen LogP) is -0.110. The van der Waals surface area contributed by atoms with Gasteiger partial charge in [0.15, 0.2) is 7.05 Å². The van der Waals surface area contributed by atoms with Crippen LogP contribution in [0.25, 0.3) is 0 Å². The predicted molar refractivity (Wildman–Crippen MR) is 12.9 cm³/mol. The van der Waals surface area contributed by atoms with Crippen molar-refractivity contribution in [1.82, 2.24) is 0 Å². The molecule has 0 spiro atoms. The Labute approximate surface area is 44.4 Å². The van der Waals surface area contributed by atoms with E-state index in [9.17, 15) is 0 Å². The molecule has 0 aromatic rings. The van der Waals surface area contributed by atoms with Crippen LogP contribution in [0.4, 0.5) is 0 Å². The molecule has 0 unspecified atom stereocenters. The molecule has 0 N–H and O–H groups in total. The van der Waals surface area contributed by atoms with E-state index in [1.54, 1.807) is 0 Å². The van der Waals surface area contributed by atoms with E-state index in [-0.39, 0.29) is 21.7 Å². The molecule has 0 aromatic carbocycles. The van der Waals surface area contributed by atoms with E-state index in [2.05, 4.69) is 0 Å². The van der Waals surface area contributed by atoms with Crippen molar-refractivity contribution in [2.24, 2.45) is 0 Å². The van der Waals surface area contributed by atoms with Crippen molar-refractivity contribution in [2.75, 3.05) is 7.05 Å². The molecule has 0 aliphatic rings. The molecule has 0 bridgehead atoms. The minimum Gasteiger partial charge on any atom is -0.265 e. The second-order valence-electron chi connectivity index (χ2n) is 0.440. The zero-order valence-corrected chi connectivity index (χ0v) is 4.33. The first kappa shape index (κ1) is 8.93. The van der Waals surface area contributed by atoms with E-state index in [1.807, 2.05) is 0 Å². The summed E-state index contributed by atoms with van der Waals surface area (Å²) in [6.45, 7) is 0. The maximum absolute atomic E-state index is 8.81. The average Bonchev–Trinajstić information content (AvgIpc) is 0.811. The van der Waals surface area contributed by atoms with Gasteiger partial charge in [0.1, 0.15) is 0 Å². The van der Waals surface area contributed by atoms with E-state index in [1.165, 1.54) is 0 Å². The van der Waals surface area contributed by atoms with E-state index in [0.717, 1.165) is 7.05 Å². The van der Waals surface area contributed by atoms with Crippen LogP contribution in [0.15, 0.2) is 0 Å². The van der Waals surface area contributed by atoms with Gasteiger partial charge in [-0.2, -0.15) is 0 Å². The third-order valence-electron chi connectivity index (χ3n) is 0. The van der Waals surface area contributed by atoms with Gasteiger partial charge in [0.05, 0.1) is 0 Å². The van der Waals surface area contributed by atoms with Crippen molar-refractivity contribution in [1.29, 1.82) is 0 Å². The fourth-order valence-corrected chi connectivity index (χ4v) is 0. The van der Waals surface area contributed by atoms with Crippen molar-refractivity contribution in [2.45, 2.75) is 0 Å². The zero-order chi connectivity index (χ0) is 3.58. The van der Waals surface area contributed by atoms with Gasteiger partial charge in [-0.25, -0.2) is 0 Å². The van der Waals surface area contributed by atoms with Crippen LogP contribution in [0.3, 0.4) is 0 Å². The summed E-state index contributed by atoms with van der Waals surface area (Å²) in [6, 6.07) is 0. The Hall–Kier alpha value is 0.114. The Kier molecular flexibility index (Phi) is 7.34. The fourth-order valence-electron chi connectivity index (χ4n) is 0. The van der Waals surface area contributed by atoms with Crippen molar-refractivity contribution in [3.63, 3.8) is 0 Å². The topological polar surface area (TPSA) is 43.1 Å². The van der Waals surface area contributed by atoms with Crippen molar-refractivity contribution < 1.29 is 26.6 Å². The van der Waals surface area contributed by atoms with Crippen molar-refractivity contribution in [3.8, 4) is 0 Å². The number of hydrogen-bond acceptors (Lipinski definition) is 2. The molecule has 0 aliphatic carbocycles. The smallest absolute Gasteiger partial charge is 0.194 e. The third-order valence-corrected chi connectivity index (χ3v) is 0. The largest absolute Gasteiger partial charge is 0.265 e. The maximum atomic E-state index is 8.81. The minimum atomic E-state index is -0.500. The van der Waals surface area contributed by atoms with Crippen LogP contribution in [0.2, 0.25) is 0 Å². The molecule has 0 aliphatic heterocycles. The second kappa shape index (κ2) is 4.11. The molecule has 0 atom stereocenters. The number of nitrogens with zero attached hydrogens (tertiary/aromatic N) is 1. The van der Waals surface area contributed by atoms with E-state index < -0.39 is 4.92 Å². The maximum Gasteiger partial charge on any atom is 0.194 e. The Morgan fingerprint density at radius 1 is 1.80 bits per heavy atom. The van der Waals surface area contributed by atoms with E-state index in [0.29, 0.717) is 0 Å². The van der Waals surface area contributed by atoms with E-state index in [4.69, 9.17) is 10.1 Å². The summed E-state index contributed by atoms with van der Waals surface area (Å²) in [4.78, 5) is 8.31. The molecule has 0 aromatic heterocycles. The number of rotatable bonds is 0. The van der Waals surface area contributed by atoms with Gasteiger partial charge in [-0.3, -0.25) is 10.1 Å². The summed E-state index contributed by atoms with van der Waals surface area (Å²) >= 11 is 0. The monoisotopic (exact) mass is 109 g/mol. The van der Waals surface area contributed by atoms with E-state index >= 15 is 0 Å². The SMILES string of the molecule is C[N+](=O)[O-].[Ti]. The van der Waals surface area contributed by atoms with Gasteiger partial charge in [0.25, 0.3) is 0 Å². The minimum absolute atomic E-state index is 0. The first-order valence-electron chi connectivity index (χ1n) is 0.812. The van der Waals surface area contributed by atoms with Gasteiger partial charge in [-0.15, -0.1) is 0 Å². The molecule has 5 heavy (non-hydrogen) atoms. The number of nitro groups is 1. The van der Waals surface area contributed by atoms with Crippen molar-refractivity contribution in [3.05, 3.63) is 10.1 Å². The quantitative estimate of drug-likeness (QED) is 0.247. The molecule has 0 saturated heterocycles. The summed E-state index contributed by atoms with van der Waals surface area (Å²) in [6.07, 6.45) is 0. The van der Waals surface area contributed by atoms with Crippen LogP contribution < -0.4 is 0 Å². The molecule has 0 radical (unpaired) electrons.